The lowest BCUT2D eigenvalue weighted by molar-refractivity contribution is -0.125. The van der Waals surface area contributed by atoms with Crippen LogP contribution in [-0.4, -0.2) is 79.4 Å². The van der Waals surface area contributed by atoms with Crippen molar-refractivity contribution in [2.45, 2.75) is 124 Å². The third-order valence-electron chi connectivity index (χ3n) is 4.80. The van der Waals surface area contributed by atoms with E-state index in [9.17, 15) is 28.0 Å². The smallest absolute Gasteiger partial charge is 0.408 e. The Morgan fingerprint density at radius 1 is 1.23 bits per heavy atom. The lowest BCUT2D eigenvalue weighted by Crippen LogP contribution is -2.41. The van der Waals surface area contributed by atoms with Crippen molar-refractivity contribution in [1.82, 2.24) is 20.9 Å². The van der Waals surface area contributed by atoms with Gasteiger partial charge >= 0.3 is 6.09 Å². The Balaban J connectivity index is -0.000000233. The Bertz CT molecular complexity index is 692. The fourth-order valence-corrected chi connectivity index (χ4v) is 3.19. The summed E-state index contributed by atoms with van der Waals surface area (Å²) in [5, 5.41) is 14.3. The molecule has 40 heavy (non-hydrogen) atoms. The number of nitriles is 1. The second-order valence-corrected chi connectivity index (χ2v) is 9.37. The van der Waals surface area contributed by atoms with Crippen LogP contribution in [0.4, 0.5) is 13.6 Å². The van der Waals surface area contributed by atoms with Crippen molar-refractivity contribution in [2.75, 3.05) is 26.7 Å². The molecule has 12 heteroatoms. The molecule has 2 atom stereocenters. The fraction of sp³-hybridized carbons (Fsp3) is 0.821. The molecule has 2 saturated heterocycles. The lowest BCUT2D eigenvalue weighted by atomic mass is 10.1. The van der Waals surface area contributed by atoms with Crippen LogP contribution >= 0.6 is 0 Å². The summed E-state index contributed by atoms with van der Waals surface area (Å²) in [5.41, 5.74) is -0.526. The number of halogens is 2. The van der Waals surface area contributed by atoms with Crippen molar-refractivity contribution in [3.8, 4) is 6.57 Å². The number of carbonyl (C=O) groups is 4. The summed E-state index contributed by atoms with van der Waals surface area (Å²) in [7, 11) is 1.54. The van der Waals surface area contributed by atoms with E-state index in [0.29, 0.717) is 13.0 Å². The molecule has 0 saturated carbocycles. The van der Waals surface area contributed by atoms with Gasteiger partial charge in [-0.25, -0.2) is 18.8 Å². The third-order valence-corrected chi connectivity index (χ3v) is 4.80. The maximum absolute atomic E-state index is 12.8. The van der Waals surface area contributed by atoms with E-state index < -0.39 is 29.7 Å². The van der Waals surface area contributed by atoms with Gasteiger partial charge in [-0.1, -0.05) is 47.5 Å². The highest BCUT2D eigenvalue weighted by Gasteiger charge is 2.46. The number of likely N-dealkylation sites (N-methyl/N-ethyl adjacent to an activating group) is 2. The zero-order valence-electron chi connectivity index (χ0n) is 26.4. The average molecular weight is 580 g/mol. The van der Waals surface area contributed by atoms with Gasteiger partial charge in [-0.2, -0.15) is 0 Å². The van der Waals surface area contributed by atoms with Crippen molar-refractivity contribution in [2.24, 2.45) is 0 Å². The van der Waals surface area contributed by atoms with Crippen LogP contribution in [0.15, 0.2) is 0 Å². The molecule has 2 unspecified atom stereocenters. The number of nitrogens with one attached hydrogen (secondary N) is 3. The minimum atomic E-state index is -2.72. The highest BCUT2D eigenvalue weighted by molar-refractivity contribution is 5.82. The molecule has 2 fully saturated rings. The summed E-state index contributed by atoms with van der Waals surface area (Å²) >= 11 is 0. The zero-order chi connectivity index (χ0) is 32.4. The molecule has 10 nitrogen and oxygen atoms in total. The number of amides is 3. The number of nitrogens with zero attached hydrogens (tertiary/aromatic N) is 2. The zero-order valence-corrected chi connectivity index (χ0v) is 26.4. The van der Waals surface area contributed by atoms with Gasteiger partial charge in [0, 0.05) is 32.5 Å². The number of unbranched alkanes of at least 4 members (excludes halogenated alkanes) is 1. The van der Waals surface area contributed by atoms with E-state index in [1.54, 1.807) is 34.7 Å². The molecule has 2 aliphatic heterocycles. The molecule has 0 aromatic carbocycles. The molecule has 0 bridgehead atoms. The van der Waals surface area contributed by atoms with Crippen LogP contribution in [0.3, 0.4) is 0 Å². The second-order valence-electron chi connectivity index (χ2n) is 9.37. The molecule has 2 aliphatic rings. The van der Waals surface area contributed by atoms with Gasteiger partial charge in [0.05, 0.1) is 18.6 Å². The molecule has 2 heterocycles. The monoisotopic (exact) mass is 579 g/mol. The fourth-order valence-electron chi connectivity index (χ4n) is 3.19. The Kier molecular flexibility index (Phi) is 29.2. The summed E-state index contributed by atoms with van der Waals surface area (Å²) in [6.45, 7) is 21.7. The van der Waals surface area contributed by atoms with Gasteiger partial charge in [0.25, 0.3) is 5.92 Å². The highest BCUT2D eigenvalue weighted by Crippen LogP contribution is 2.30. The van der Waals surface area contributed by atoms with Gasteiger partial charge in [0.2, 0.25) is 11.8 Å². The van der Waals surface area contributed by atoms with E-state index >= 15 is 0 Å². The first-order valence-electron chi connectivity index (χ1n) is 14.1. The van der Waals surface area contributed by atoms with Crippen LogP contribution < -0.4 is 16.0 Å². The molecule has 3 amide bonds. The molecule has 0 radical (unpaired) electrons. The number of carbonyl (C=O) groups excluding carboxylic acids is 4. The molecular weight excluding hydrogens is 524 g/mol. The van der Waals surface area contributed by atoms with Gasteiger partial charge < -0.3 is 25.5 Å². The van der Waals surface area contributed by atoms with Gasteiger partial charge in [0.1, 0.15) is 11.9 Å². The van der Waals surface area contributed by atoms with Crippen molar-refractivity contribution in [3.63, 3.8) is 0 Å². The van der Waals surface area contributed by atoms with Crippen molar-refractivity contribution < 1.29 is 32.7 Å². The molecule has 0 aromatic rings. The van der Waals surface area contributed by atoms with Crippen LogP contribution in [0.5, 0.6) is 0 Å². The molecule has 3 N–H and O–H groups in total. The maximum Gasteiger partial charge on any atom is 0.408 e. The van der Waals surface area contributed by atoms with Gasteiger partial charge in [0.15, 0.2) is 0 Å². The molecule has 2 rings (SSSR count). The second kappa shape index (κ2) is 26.4. The number of hydrogen-bond acceptors (Lipinski definition) is 7. The minimum absolute atomic E-state index is 0.204. The van der Waals surface area contributed by atoms with Crippen LogP contribution in [0.2, 0.25) is 0 Å². The number of hydrogen-bond donors (Lipinski definition) is 3. The maximum atomic E-state index is 12.8. The van der Waals surface area contributed by atoms with E-state index in [2.05, 4.69) is 22.5 Å². The molecular formula is C28H55F2N5O5. The predicted molar refractivity (Wildman–Crippen MR) is 155 cm³/mol. The molecule has 0 aliphatic carbocycles. The summed E-state index contributed by atoms with van der Waals surface area (Å²) in [6.07, 6.45) is 4.20. The Labute approximate surface area is 241 Å². The van der Waals surface area contributed by atoms with E-state index in [-0.39, 0.29) is 24.8 Å². The number of likely N-dealkylation sites (tertiary alicyclic amines) is 1. The Hall–Kier alpha value is -2.81. The van der Waals surface area contributed by atoms with Crippen LogP contribution in [0.1, 0.15) is 101 Å². The SMILES string of the molecule is C#N.CC.CC.CCCCC(C=O)NC(=O)OC(C)(C)C.CCNC(=O)C1CC(F)(F)CN1C.O=C1CCCN1. The predicted octanol–water partition coefficient (Wildman–Crippen LogP) is 4.82. The number of alkyl carbamates (subject to hydrolysis) is 1. The van der Waals surface area contributed by atoms with Gasteiger partial charge in [-0.05, 0) is 47.6 Å². The summed E-state index contributed by atoms with van der Waals surface area (Å²) < 4.78 is 30.7. The summed E-state index contributed by atoms with van der Waals surface area (Å²) in [4.78, 5) is 44.7. The summed E-state index contributed by atoms with van der Waals surface area (Å²) in [6, 6.07) is -1.10. The van der Waals surface area contributed by atoms with Crippen LogP contribution in [0, 0.1) is 11.8 Å². The van der Waals surface area contributed by atoms with Crippen LogP contribution in [0.25, 0.3) is 0 Å². The first kappa shape index (κ1) is 44.2. The Morgan fingerprint density at radius 2 is 1.77 bits per heavy atom. The number of ether oxygens (including phenoxy) is 1. The van der Waals surface area contributed by atoms with Crippen molar-refractivity contribution >= 4 is 24.2 Å². The normalized spacial score (nSPS) is 17.4. The van der Waals surface area contributed by atoms with Crippen LogP contribution in [-0.2, 0) is 19.1 Å². The first-order chi connectivity index (χ1) is 18.7. The molecule has 236 valence electrons. The third kappa shape index (κ3) is 25.5. The van der Waals surface area contributed by atoms with E-state index in [1.807, 2.05) is 34.6 Å². The number of rotatable bonds is 7. The summed E-state index contributed by atoms with van der Waals surface area (Å²) in [5.74, 6) is -2.82. The van der Waals surface area contributed by atoms with Gasteiger partial charge in [-0.3, -0.25) is 14.5 Å². The molecule has 0 aromatic heterocycles. The topological polar surface area (TPSA) is 141 Å². The molecule has 0 spiro atoms. The van der Waals surface area contributed by atoms with Crippen molar-refractivity contribution in [1.29, 1.82) is 5.26 Å². The van der Waals surface area contributed by atoms with E-state index in [0.717, 1.165) is 38.5 Å². The highest BCUT2D eigenvalue weighted by atomic mass is 19.3. The first-order valence-corrected chi connectivity index (χ1v) is 14.1. The number of aldehydes is 1. The van der Waals surface area contributed by atoms with E-state index in [1.165, 1.54) is 4.90 Å². The van der Waals surface area contributed by atoms with E-state index in [4.69, 9.17) is 10.00 Å². The Morgan fingerprint density at radius 3 is 2.08 bits per heavy atom. The van der Waals surface area contributed by atoms with Gasteiger partial charge in [-0.15, -0.1) is 0 Å². The average Bonchev–Trinajstić information content (AvgIpc) is 3.49. The van der Waals surface area contributed by atoms with Crippen molar-refractivity contribution in [3.05, 3.63) is 0 Å². The quantitative estimate of drug-likeness (QED) is 0.367. The number of alkyl halides is 2. The largest absolute Gasteiger partial charge is 0.444 e. The minimum Gasteiger partial charge on any atom is -0.444 e. The standard InChI is InChI=1S/C11H21NO3.C8H14F2N2O.C4H7NO.2C2H6.CHN/c1-5-6-7-9(8-13)12-10(14)15-11(2,3)4;1-3-11-7(13)6-4-8(9,10)5-12(6)2;6-4-2-1-3-5-4;3*1-2/h8-9H,5-7H2,1-4H3,(H,12,14);6H,3-5H2,1-2H3,(H,11,13);1-3H2,(H,5,6);2*1-2H3;1H. The lowest BCUT2D eigenvalue weighted by Gasteiger charge is -2.21.